The Morgan fingerprint density at radius 3 is 2.44 bits per heavy atom. The van der Waals surface area contributed by atoms with Crippen LogP contribution in [0.15, 0.2) is 15.8 Å². The van der Waals surface area contributed by atoms with E-state index in [9.17, 15) is 38.5 Å². The van der Waals surface area contributed by atoms with Crippen molar-refractivity contribution in [3.05, 3.63) is 32.6 Å². The molecule has 1 saturated heterocycles. The van der Waals surface area contributed by atoms with Gasteiger partial charge in [0.25, 0.3) is 13.4 Å². The molecule has 17 heteroatoms. The van der Waals surface area contributed by atoms with Crippen LogP contribution in [0.5, 0.6) is 0 Å². The molecule has 1 aliphatic rings. The zero-order valence-corrected chi connectivity index (χ0v) is 20.3. The van der Waals surface area contributed by atoms with E-state index in [1.165, 1.54) is 13.1 Å². The van der Waals surface area contributed by atoms with Crippen LogP contribution in [0.3, 0.4) is 0 Å². The number of hydrogen-bond donors (Lipinski definition) is 1. The van der Waals surface area contributed by atoms with Crippen molar-refractivity contribution in [2.45, 2.75) is 31.8 Å². The van der Waals surface area contributed by atoms with Gasteiger partial charge in [-0.3, -0.25) is 23.2 Å². The minimum Gasteiger partial charge on any atom is -0.850 e. The van der Waals surface area contributed by atoms with Crippen LogP contribution in [0.4, 0.5) is 0 Å². The van der Waals surface area contributed by atoms with Gasteiger partial charge in [0.1, 0.15) is 6.23 Å². The van der Waals surface area contributed by atoms with E-state index < -0.39 is 51.9 Å². The van der Waals surface area contributed by atoms with Gasteiger partial charge in [0, 0.05) is 11.8 Å². The topological polar surface area (TPSA) is 209 Å². The van der Waals surface area contributed by atoms with E-state index in [1.54, 1.807) is 0 Å². The van der Waals surface area contributed by atoms with Crippen molar-refractivity contribution in [3.63, 3.8) is 0 Å². The molecule has 0 amide bonds. The molecule has 1 aliphatic heterocycles. The Balaban J connectivity index is 0.00000338. The molecule has 1 fully saturated rings. The first kappa shape index (κ1) is 27.9. The average molecular weight is 444 g/mol. The van der Waals surface area contributed by atoms with E-state index in [2.05, 4.69) is 8.83 Å². The SMILES string of the molecule is Cc1cn(C2CC([O-])C(COP(=O)([O-])OP(=O)([O-])[O-])O2)c(=O)[nH]c1=O.[Na+].[Na+]. The van der Waals surface area contributed by atoms with Crippen molar-refractivity contribution >= 4 is 15.6 Å². The summed E-state index contributed by atoms with van der Waals surface area (Å²) < 4.78 is 35.0. The maximum atomic E-state index is 11.9. The van der Waals surface area contributed by atoms with Crippen LogP contribution in [-0.2, 0) is 22.7 Å². The van der Waals surface area contributed by atoms with E-state index in [0.717, 1.165) is 4.57 Å². The van der Waals surface area contributed by atoms with Gasteiger partial charge >= 0.3 is 64.8 Å². The van der Waals surface area contributed by atoms with Gasteiger partial charge in [-0.15, -0.1) is 0 Å². The Morgan fingerprint density at radius 2 is 1.89 bits per heavy atom. The van der Waals surface area contributed by atoms with Gasteiger partial charge in [-0.1, -0.05) is 6.10 Å². The van der Waals surface area contributed by atoms with Gasteiger partial charge in [-0.2, -0.15) is 0 Å². The third kappa shape index (κ3) is 8.25. The summed E-state index contributed by atoms with van der Waals surface area (Å²) in [7, 11) is -11.3. The molecule has 0 radical (unpaired) electrons. The summed E-state index contributed by atoms with van der Waals surface area (Å²) in [6, 6.07) is 0. The Kier molecular flexibility index (Phi) is 11.1. The molecule has 0 aromatic carbocycles. The Labute approximate surface area is 196 Å². The molecule has 0 bridgehead atoms. The molecule has 4 atom stereocenters. The van der Waals surface area contributed by atoms with Crippen molar-refractivity contribution < 1.29 is 102 Å². The molecule has 0 aliphatic carbocycles. The molecule has 27 heavy (non-hydrogen) atoms. The van der Waals surface area contributed by atoms with Gasteiger partial charge in [0.05, 0.1) is 20.5 Å². The van der Waals surface area contributed by atoms with Crippen molar-refractivity contribution in [2.24, 2.45) is 0 Å². The first-order valence-electron chi connectivity index (χ1n) is 6.70. The number of nitrogens with zero attached hydrogens (tertiary/aromatic N) is 1. The molecule has 0 spiro atoms. The van der Waals surface area contributed by atoms with E-state index >= 15 is 0 Å². The fraction of sp³-hybridized carbons (Fsp3) is 0.600. The zero-order chi connectivity index (χ0) is 19.0. The predicted molar refractivity (Wildman–Crippen MR) is 70.6 cm³/mol. The van der Waals surface area contributed by atoms with E-state index in [-0.39, 0.29) is 71.1 Å². The normalized spacial score (nSPS) is 24.6. The third-order valence-electron chi connectivity index (χ3n) is 3.23. The maximum absolute atomic E-state index is 11.9. The van der Waals surface area contributed by atoms with Crippen LogP contribution in [0.25, 0.3) is 0 Å². The molecule has 142 valence electrons. The summed E-state index contributed by atoms with van der Waals surface area (Å²) in [6.45, 7) is 0.511. The monoisotopic (exact) mass is 444 g/mol. The number of aromatic amines is 1. The number of H-pyrrole nitrogens is 1. The second-order valence-electron chi connectivity index (χ2n) is 5.15. The first-order chi connectivity index (χ1) is 11.4. The number of aryl methyl sites for hydroxylation is 1. The second-order valence-corrected chi connectivity index (χ2v) is 7.85. The fourth-order valence-corrected chi connectivity index (χ4v) is 3.63. The van der Waals surface area contributed by atoms with Gasteiger partial charge in [-0.05, 0) is 13.3 Å². The molecule has 2 rings (SSSR count). The molecule has 0 saturated carbocycles. The molecular weight excluding hydrogens is 432 g/mol. The molecular formula is C10H12N2Na2O11P2-2. The summed E-state index contributed by atoms with van der Waals surface area (Å²) in [5.41, 5.74) is -1.25. The van der Waals surface area contributed by atoms with Crippen molar-refractivity contribution in [1.82, 2.24) is 9.55 Å². The summed E-state index contributed by atoms with van der Waals surface area (Å²) in [4.78, 5) is 56.8. The Morgan fingerprint density at radius 1 is 1.30 bits per heavy atom. The maximum Gasteiger partial charge on any atom is 1.00 e. The number of hydrogen-bond acceptors (Lipinski definition) is 11. The van der Waals surface area contributed by atoms with E-state index in [4.69, 9.17) is 4.74 Å². The van der Waals surface area contributed by atoms with Crippen LogP contribution in [-0.4, -0.2) is 28.4 Å². The summed E-state index contributed by atoms with van der Waals surface area (Å²) in [5.74, 6) is 0. The largest absolute Gasteiger partial charge is 1.00 e. The fourth-order valence-electron chi connectivity index (χ4n) is 2.13. The van der Waals surface area contributed by atoms with E-state index in [0.29, 0.717) is 0 Å². The second kappa shape index (κ2) is 10.8. The number of rotatable bonds is 6. The van der Waals surface area contributed by atoms with Gasteiger partial charge in [-0.25, -0.2) is 4.79 Å². The van der Waals surface area contributed by atoms with Gasteiger partial charge in [0.2, 0.25) is 0 Å². The molecule has 4 unspecified atom stereocenters. The molecule has 2 heterocycles. The number of phosphoric ester groups is 1. The zero-order valence-electron chi connectivity index (χ0n) is 14.6. The summed E-state index contributed by atoms with van der Waals surface area (Å²) >= 11 is 0. The minimum absolute atomic E-state index is 0. The standard InChI is InChI=1S/C10H15N2O11P2.2Na/c1-5-3-12(10(15)11-9(5)14)8-2-6(13)7(22-8)4-21-25(19,20)23-24(16,17)18;;/h3,6-8H,2,4H2,1H3,(H,19,20)(H,11,14,15)(H2,16,17,18);;/q-1;2*+1/p-3. The van der Waals surface area contributed by atoms with Crippen molar-refractivity contribution in [2.75, 3.05) is 6.61 Å². The number of aromatic nitrogens is 2. The van der Waals surface area contributed by atoms with Crippen LogP contribution in [0.1, 0.15) is 18.2 Å². The Hall–Kier alpha value is 0.860. The third-order valence-corrected chi connectivity index (χ3v) is 5.30. The van der Waals surface area contributed by atoms with Crippen LogP contribution in [0.2, 0.25) is 0 Å². The minimum atomic E-state index is -5.84. The quantitative estimate of drug-likeness (QED) is 0.322. The molecule has 1 aromatic rings. The number of nitrogens with one attached hydrogen (secondary N) is 1. The van der Waals surface area contributed by atoms with Crippen LogP contribution in [0, 0.1) is 6.92 Å². The summed E-state index contributed by atoms with van der Waals surface area (Å²) in [6.07, 6.45) is -3.04. The van der Waals surface area contributed by atoms with Crippen LogP contribution >= 0.6 is 15.6 Å². The van der Waals surface area contributed by atoms with Crippen LogP contribution < -0.4 is 90.2 Å². The summed E-state index contributed by atoms with van der Waals surface area (Å²) in [5, 5.41) is 11.9. The molecule has 1 N–H and O–H groups in total. The number of phosphoric acid groups is 2. The average Bonchev–Trinajstić information content (AvgIpc) is 2.79. The molecule has 13 nitrogen and oxygen atoms in total. The van der Waals surface area contributed by atoms with E-state index in [1.807, 2.05) is 4.98 Å². The smallest absolute Gasteiger partial charge is 0.850 e. The molecule has 1 aromatic heterocycles. The van der Waals surface area contributed by atoms with Crippen molar-refractivity contribution in [1.29, 1.82) is 0 Å². The predicted octanol–water partition coefficient (Wildman–Crippen LogP) is -9.80. The van der Waals surface area contributed by atoms with Gasteiger partial charge < -0.3 is 33.6 Å². The number of ether oxygens (including phenoxy) is 1. The Bertz CT molecular complexity index is 852. The van der Waals surface area contributed by atoms with Crippen molar-refractivity contribution in [3.8, 4) is 0 Å². The first-order valence-corrected chi connectivity index (χ1v) is 9.62. The van der Waals surface area contributed by atoms with Gasteiger partial charge in [0.15, 0.2) is 0 Å².